The van der Waals surface area contributed by atoms with E-state index in [2.05, 4.69) is 10.6 Å². The molecule has 0 aliphatic carbocycles. The molecule has 1 unspecified atom stereocenters. The van der Waals surface area contributed by atoms with E-state index in [1.807, 2.05) is 19.1 Å². The van der Waals surface area contributed by atoms with E-state index >= 15 is 0 Å². The molecule has 0 heterocycles. The second-order valence-electron chi connectivity index (χ2n) is 5.06. The Balaban J connectivity index is 2.21. The molecule has 2 aromatic rings. The van der Waals surface area contributed by atoms with Gasteiger partial charge in [0.15, 0.2) is 0 Å². The van der Waals surface area contributed by atoms with Crippen molar-refractivity contribution in [1.29, 1.82) is 0 Å². The fourth-order valence-electron chi connectivity index (χ4n) is 1.89. The maximum atomic E-state index is 12.4. The Morgan fingerprint density at radius 2 is 1.67 bits per heavy atom. The van der Waals surface area contributed by atoms with E-state index in [0.717, 1.165) is 5.56 Å². The van der Waals surface area contributed by atoms with Gasteiger partial charge in [-0.3, -0.25) is 4.79 Å². The minimum Gasteiger partial charge on any atom is -0.361 e. The maximum absolute atomic E-state index is 12.4. The number of nitrogens with one attached hydrogen (secondary N) is 2. The van der Waals surface area contributed by atoms with E-state index in [-0.39, 0.29) is 5.02 Å². The van der Waals surface area contributed by atoms with Gasteiger partial charge in [-0.05, 0) is 31.2 Å². The van der Waals surface area contributed by atoms with Gasteiger partial charge >= 0.3 is 0 Å². The first-order valence-corrected chi connectivity index (χ1v) is 8.72. The molecule has 2 rings (SSSR count). The molecule has 0 saturated heterocycles. The Kier molecular flexibility index (Phi) is 6.52. The molecule has 24 heavy (non-hydrogen) atoms. The monoisotopic (exact) mass is 424 g/mol. The van der Waals surface area contributed by atoms with Crippen LogP contribution in [0.25, 0.3) is 0 Å². The van der Waals surface area contributed by atoms with E-state index in [0.29, 0.717) is 16.3 Å². The lowest BCUT2D eigenvalue weighted by Gasteiger charge is -2.28. The SMILES string of the molecule is Cc1ccc(C(=O)NC(Nc2cccc(Cl)c2Cl)C(Cl)(Cl)Cl)cc1. The molecular weight excluding hydrogens is 413 g/mol. The van der Waals surface area contributed by atoms with Gasteiger partial charge in [0, 0.05) is 5.56 Å². The Labute approximate surface area is 165 Å². The molecule has 0 aliphatic rings. The first-order valence-electron chi connectivity index (χ1n) is 6.83. The molecule has 8 heteroatoms. The number of carbonyl (C=O) groups is 1. The van der Waals surface area contributed by atoms with Gasteiger partial charge < -0.3 is 10.6 Å². The molecule has 1 atom stereocenters. The Bertz CT molecular complexity index is 728. The standard InChI is InChI=1S/C16H13Cl5N2O/c1-9-5-7-10(8-6-9)14(24)23-15(16(19,20)21)22-12-4-2-3-11(17)13(12)18/h2-8,15,22H,1H3,(H,23,24). The average Bonchev–Trinajstić information content (AvgIpc) is 2.50. The second kappa shape index (κ2) is 8.03. The molecule has 0 radical (unpaired) electrons. The quantitative estimate of drug-likeness (QED) is 0.476. The van der Waals surface area contributed by atoms with Gasteiger partial charge in [0.1, 0.15) is 6.17 Å². The highest BCUT2D eigenvalue weighted by Gasteiger charge is 2.34. The van der Waals surface area contributed by atoms with Gasteiger partial charge in [0.25, 0.3) is 5.91 Å². The van der Waals surface area contributed by atoms with Gasteiger partial charge in [0.2, 0.25) is 3.79 Å². The summed E-state index contributed by atoms with van der Waals surface area (Å²) < 4.78 is -1.81. The molecule has 0 spiro atoms. The van der Waals surface area contributed by atoms with Gasteiger partial charge in [-0.15, -0.1) is 0 Å². The Morgan fingerprint density at radius 1 is 1.04 bits per heavy atom. The van der Waals surface area contributed by atoms with Crippen LogP contribution in [0.5, 0.6) is 0 Å². The largest absolute Gasteiger partial charge is 0.361 e. The lowest BCUT2D eigenvalue weighted by atomic mass is 10.1. The zero-order valence-electron chi connectivity index (χ0n) is 12.4. The van der Waals surface area contributed by atoms with Crippen molar-refractivity contribution in [2.24, 2.45) is 0 Å². The molecular formula is C16H13Cl5N2O. The number of alkyl halides is 3. The van der Waals surface area contributed by atoms with E-state index in [4.69, 9.17) is 58.0 Å². The molecule has 0 fully saturated rings. The normalized spacial score (nSPS) is 12.6. The topological polar surface area (TPSA) is 41.1 Å². The highest BCUT2D eigenvalue weighted by molar-refractivity contribution is 6.68. The summed E-state index contributed by atoms with van der Waals surface area (Å²) in [6, 6.07) is 12.0. The molecule has 2 N–H and O–H groups in total. The third-order valence-corrected chi connectivity index (χ3v) is 4.64. The van der Waals surface area contributed by atoms with Crippen molar-refractivity contribution in [3.8, 4) is 0 Å². The van der Waals surface area contributed by atoms with Crippen LogP contribution in [0.2, 0.25) is 10.0 Å². The Hall–Kier alpha value is -0.840. The summed E-state index contributed by atoms with van der Waals surface area (Å²) in [7, 11) is 0. The van der Waals surface area contributed by atoms with E-state index in [9.17, 15) is 4.79 Å². The number of anilines is 1. The number of hydrogen-bond acceptors (Lipinski definition) is 2. The van der Waals surface area contributed by atoms with Crippen molar-refractivity contribution in [1.82, 2.24) is 5.32 Å². The summed E-state index contributed by atoms with van der Waals surface area (Å²) in [5, 5.41) is 6.15. The zero-order valence-corrected chi connectivity index (χ0v) is 16.2. The first kappa shape index (κ1) is 19.5. The van der Waals surface area contributed by atoms with Crippen molar-refractivity contribution in [2.45, 2.75) is 16.9 Å². The van der Waals surface area contributed by atoms with Crippen LogP contribution >= 0.6 is 58.0 Å². The number of hydrogen-bond donors (Lipinski definition) is 2. The number of carbonyl (C=O) groups excluding carboxylic acids is 1. The predicted octanol–water partition coefficient (Wildman–Crippen LogP) is 5.84. The number of benzene rings is 2. The summed E-state index contributed by atoms with van der Waals surface area (Å²) in [6.07, 6.45) is -1.02. The lowest BCUT2D eigenvalue weighted by Crippen LogP contribution is -2.49. The summed E-state index contributed by atoms with van der Waals surface area (Å²) >= 11 is 30.0. The highest BCUT2D eigenvalue weighted by atomic mass is 35.6. The van der Waals surface area contributed by atoms with Crippen LogP contribution in [0.4, 0.5) is 5.69 Å². The summed E-state index contributed by atoms with van der Waals surface area (Å²) in [6.45, 7) is 1.93. The van der Waals surface area contributed by atoms with E-state index < -0.39 is 15.9 Å². The third kappa shape index (κ3) is 5.08. The lowest BCUT2D eigenvalue weighted by molar-refractivity contribution is 0.0942. The van der Waals surface area contributed by atoms with Crippen LogP contribution in [-0.2, 0) is 0 Å². The van der Waals surface area contributed by atoms with E-state index in [1.165, 1.54) is 0 Å². The fraction of sp³-hybridized carbons (Fsp3) is 0.188. The molecule has 0 bridgehead atoms. The van der Waals surface area contributed by atoms with Crippen LogP contribution in [0, 0.1) is 6.92 Å². The molecule has 0 saturated carbocycles. The predicted molar refractivity (Wildman–Crippen MR) is 103 cm³/mol. The van der Waals surface area contributed by atoms with Gasteiger partial charge in [0.05, 0.1) is 15.7 Å². The van der Waals surface area contributed by atoms with Crippen LogP contribution in [0.15, 0.2) is 42.5 Å². The van der Waals surface area contributed by atoms with E-state index in [1.54, 1.807) is 30.3 Å². The van der Waals surface area contributed by atoms with Crippen molar-refractivity contribution in [2.75, 3.05) is 5.32 Å². The number of aryl methyl sites for hydroxylation is 1. The Morgan fingerprint density at radius 3 is 2.25 bits per heavy atom. The summed E-state index contributed by atoms with van der Waals surface area (Å²) in [4.78, 5) is 12.4. The molecule has 1 amide bonds. The zero-order chi connectivity index (χ0) is 17.9. The fourth-order valence-corrected chi connectivity index (χ4v) is 2.57. The first-order chi connectivity index (χ1) is 11.2. The highest BCUT2D eigenvalue weighted by Crippen LogP contribution is 2.35. The average molecular weight is 427 g/mol. The van der Waals surface area contributed by atoms with Gasteiger partial charge in [-0.2, -0.15) is 0 Å². The molecule has 2 aromatic carbocycles. The van der Waals surface area contributed by atoms with Crippen LogP contribution in [0.1, 0.15) is 15.9 Å². The number of amides is 1. The van der Waals surface area contributed by atoms with Crippen LogP contribution in [-0.4, -0.2) is 15.9 Å². The number of rotatable bonds is 4. The van der Waals surface area contributed by atoms with Crippen molar-refractivity contribution >= 4 is 69.6 Å². The third-order valence-electron chi connectivity index (χ3n) is 3.17. The molecule has 3 nitrogen and oxygen atoms in total. The summed E-state index contributed by atoms with van der Waals surface area (Å²) in [5.41, 5.74) is 1.91. The van der Waals surface area contributed by atoms with Gasteiger partial charge in [-0.25, -0.2) is 0 Å². The smallest absolute Gasteiger partial charge is 0.252 e. The maximum Gasteiger partial charge on any atom is 0.252 e. The van der Waals surface area contributed by atoms with Gasteiger partial charge in [-0.1, -0.05) is 81.8 Å². The van der Waals surface area contributed by atoms with Crippen molar-refractivity contribution in [3.05, 3.63) is 63.6 Å². The molecule has 0 aromatic heterocycles. The molecule has 0 aliphatic heterocycles. The van der Waals surface area contributed by atoms with Crippen LogP contribution in [0.3, 0.4) is 0 Å². The minimum absolute atomic E-state index is 0.267. The second-order valence-corrected chi connectivity index (χ2v) is 8.21. The minimum atomic E-state index is -1.81. The summed E-state index contributed by atoms with van der Waals surface area (Å²) in [5.74, 6) is -0.392. The number of halogens is 5. The molecule has 128 valence electrons. The van der Waals surface area contributed by atoms with Crippen LogP contribution < -0.4 is 10.6 Å². The van der Waals surface area contributed by atoms with Crippen molar-refractivity contribution < 1.29 is 4.79 Å². The van der Waals surface area contributed by atoms with Crippen molar-refractivity contribution in [3.63, 3.8) is 0 Å².